The number of carboxylic acids is 1. The van der Waals surface area contributed by atoms with Gasteiger partial charge in [0.05, 0.1) is 0 Å². The number of para-hydroxylation sites is 1. The van der Waals surface area contributed by atoms with Crippen molar-refractivity contribution in [3.05, 3.63) is 65.5 Å². The Bertz CT molecular complexity index is 710. The van der Waals surface area contributed by atoms with Crippen molar-refractivity contribution >= 4 is 11.7 Å². The van der Waals surface area contributed by atoms with Crippen LogP contribution in [-0.4, -0.2) is 42.2 Å². The van der Waals surface area contributed by atoms with E-state index < -0.39 is 12.0 Å². The molecule has 0 bridgehead atoms. The third-order valence-electron chi connectivity index (χ3n) is 4.56. The minimum atomic E-state index is -0.897. The van der Waals surface area contributed by atoms with E-state index in [1.807, 2.05) is 17.0 Å². The van der Waals surface area contributed by atoms with Crippen molar-refractivity contribution in [2.24, 2.45) is 0 Å². The Morgan fingerprint density at radius 1 is 1.04 bits per heavy atom. The van der Waals surface area contributed by atoms with Gasteiger partial charge in [-0.2, -0.15) is 0 Å². The molecular weight excluding hydrogens is 307 g/mol. The molecule has 126 valence electrons. The highest BCUT2D eigenvalue weighted by atomic mass is 19.1. The van der Waals surface area contributed by atoms with Gasteiger partial charge in [0.1, 0.15) is 11.9 Å². The second kappa shape index (κ2) is 7.01. The molecule has 0 saturated carbocycles. The summed E-state index contributed by atoms with van der Waals surface area (Å²) in [4.78, 5) is 16.0. The molecule has 0 spiro atoms. The van der Waals surface area contributed by atoms with Crippen LogP contribution in [-0.2, 0) is 4.79 Å². The summed E-state index contributed by atoms with van der Waals surface area (Å²) in [5.41, 5.74) is 3.04. The molecule has 2 aromatic carbocycles. The Kier molecular flexibility index (Phi) is 4.81. The monoisotopic (exact) mass is 328 g/mol. The number of rotatable bonds is 4. The molecule has 1 N–H and O–H groups in total. The molecule has 0 aliphatic carbocycles. The zero-order chi connectivity index (χ0) is 17.1. The minimum Gasteiger partial charge on any atom is -0.480 e. The summed E-state index contributed by atoms with van der Waals surface area (Å²) in [5.74, 6) is -1.25. The smallest absolute Gasteiger partial charge is 0.325 e. The number of piperazine rings is 1. The molecule has 4 nitrogen and oxygen atoms in total. The van der Waals surface area contributed by atoms with E-state index in [9.17, 15) is 14.3 Å². The molecule has 0 aromatic heterocycles. The van der Waals surface area contributed by atoms with E-state index in [0.29, 0.717) is 18.7 Å². The molecule has 0 unspecified atom stereocenters. The second-order valence-corrected chi connectivity index (χ2v) is 6.10. The predicted octanol–water partition coefficient (Wildman–Crippen LogP) is 3.08. The number of carboxylic acid groups (broad SMARTS) is 1. The van der Waals surface area contributed by atoms with Crippen molar-refractivity contribution < 1.29 is 14.3 Å². The molecule has 2 aromatic rings. The Balaban J connectivity index is 1.73. The van der Waals surface area contributed by atoms with Crippen molar-refractivity contribution in [2.75, 3.05) is 31.1 Å². The van der Waals surface area contributed by atoms with E-state index in [0.717, 1.165) is 13.1 Å². The van der Waals surface area contributed by atoms with Crippen LogP contribution in [0.15, 0.2) is 48.5 Å². The van der Waals surface area contributed by atoms with Gasteiger partial charge in [-0.3, -0.25) is 9.69 Å². The minimum absolute atomic E-state index is 0.354. The maximum atomic E-state index is 13.1. The summed E-state index contributed by atoms with van der Waals surface area (Å²) in [6, 6.07) is 13.2. The third kappa shape index (κ3) is 3.41. The Labute approximate surface area is 141 Å². The van der Waals surface area contributed by atoms with Gasteiger partial charge in [0.2, 0.25) is 0 Å². The van der Waals surface area contributed by atoms with E-state index in [1.165, 1.54) is 23.4 Å². The Hall–Kier alpha value is -2.40. The number of hydrogen-bond donors (Lipinski definition) is 1. The van der Waals surface area contributed by atoms with Crippen LogP contribution in [0.4, 0.5) is 10.1 Å². The highest BCUT2D eigenvalue weighted by Gasteiger charge is 2.30. The summed E-state index contributed by atoms with van der Waals surface area (Å²) >= 11 is 0. The first-order valence-corrected chi connectivity index (χ1v) is 8.09. The first-order valence-electron chi connectivity index (χ1n) is 8.09. The molecule has 0 radical (unpaired) electrons. The predicted molar refractivity (Wildman–Crippen MR) is 91.7 cm³/mol. The van der Waals surface area contributed by atoms with Gasteiger partial charge in [-0.15, -0.1) is 0 Å². The number of aryl methyl sites for hydroxylation is 1. The maximum Gasteiger partial charge on any atom is 0.325 e. The Morgan fingerprint density at radius 3 is 2.25 bits per heavy atom. The number of carbonyl (C=O) groups is 1. The van der Waals surface area contributed by atoms with Gasteiger partial charge in [0.25, 0.3) is 0 Å². The topological polar surface area (TPSA) is 43.8 Å². The highest BCUT2D eigenvalue weighted by Crippen LogP contribution is 2.26. The van der Waals surface area contributed by atoms with E-state index in [2.05, 4.69) is 24.0 Å². The number of aliphatic carboxylic acids is 1. The molecule has 1 fully saturated rings. The summed E-state index contributed by atoms with van der Waals surface area (Å²) in [6.07, 6.45) is 0. The van der Waals surface area contributed by atoms with Crippen molar-refractivity contribution in [1.82, 2.24) is 4.90 Å². The fourth-order valence-electron chi connectivity index (χ4n) is 3.29. The average Bonchev–Trinajstić information content (AvgIpc) is 2.58. The zero-order valence-corrected chi connectivity index (χ0v) is 13.7. The van der Waals surface area contributed by atoms with E-state index >= 15 is 0 Å². The van der Waals surface area contributed by atoms with Gasteiger partial charge in [-0.1, -0.05) is 30.3 Å². The summed E-state index contributed by atoms with van der Waals surface area (Å²) < 4.78 is 13.1. The fourth-order valence-corrected chi connectivity index (χ4v) is 3.29. The maximum absolute atomic E-state index is 13.1. The number of hydrogen-bond acceptors (Lipinski definition) is 3. The molecule has 1 atom stereocenters. The molecule has 1 aliphatic rings. The molecule has 1 saturated heterocycles. The van der Waals surface area contributed by atoms with Crippen LogP contribution < -0.4 is 4.90 Å². The van der Waals surface area contributed by atoms with Crippen molar-refractivity contribution in [3.8, 4) is 0 Å². The zero-order valence-electron chi connectivity index (χ0n) is 13.7. The molecule has 0 amide bonds. The van der Waals surface area contributed by atoms with Gasteiger partial charge >= 0.3 is 5.97 Å². The van der Waals surface area contributed by atoms with Crippen LogP contribution in [0, 0.1) is 12.7 Å². The van der Waals surface area contributed by atoms with Gasteiger partial charge < -0.3 is 10.0 Å². The number of benzene rings is 2. The lowest BCUT2D eigenvalue weighted by molar-refractivity contribution is -0.143. The van der Waals surface area contributed by atoms with Crippen LogP contribution in [0.5, 0.6) is 0 Å². The standard InChI is InChI=1S/C19H21FN2O2/c1-14-4-2-3-5-17(14)21-10-12-22(13-11-21)18(19(23)24)15-6-8-16(20)9-7-15/h2-9,18H,10-13H2,1H3,(H,23,24)/t18-/m1/s1. The molecule has 1 heterocycles. The van der Waals surface area contributed by atoms with Gasteiger partial charge in [0, 0.05) is 31.9 Å². The summed E-state index contributed by atoms with van der Waals surface area (Å²) in [5, 5.41) is 9.63. The fraction of sp³-hybridized carbons (Fsp3) is 0.316. The van der Waals surface area contributed by atoms with Crippen LogP contribution in [0.25, 0.3) is 0 Å². The van der Waals surface area contributed by atoms with E-state index in [1.54, 1.807) is 12.1 Å². The van der Waals surface area contributed by atoms with Gasteiger partial charge in [-0.05, 0) is 36.2 Å². The number of nitrogens with zero attached hydrogens (tertiary/aromatic N) is 2. The average molecular weight is 328 g/mol. The van der Waals surface area contributed by atoms with Gasteiger partial charge in [-0.25, -0.2) is 4.39 Å². The molecule has 1 aliphatic heterocycles. The lowest BCUT2D eigenvalue weighted by Gasteiger charge is -2.39. The number of anilines is 1. The van der Waals surface area contributed by atoms with Crippen molar-refractivity contribution in [3.63, 3.8) is 0 Å². The molecule has 3 rings (SSSR count). The molecular formula is C19H21FN2O2. The largest absolute Gasteiger partial charge is 0.480 e. The van der Waals surface area contributed by atoms with Crippen LogP contribution in [0.3, 0.4) is 0 Å². The quantitative estimate of drug-likeness (QED) is 0.937. The highest BCUT2D eigenvalue weighted by molar-refractivity contribution is 5.75. The molecule has 24 heavy (non-hydrogen) atoms. The van der Waals surface area contributed by atoms with E-state index in [4.69, 9.17) is 0 Å². The van der Waals surface area contributed by atoms with Crippen LogP contribution in [0.1, 0.15) is 17.2 Å². The molecule has 5 heteroatoms. The lowest BCUT2D eigenvalue weighted by Crippen LogP contribution is -2.49. The first-order chi connectivity index (χ1) is 11.6. The number of halogens is 1. The lowest BCUT2D eigenvalue weighted by atomic mass is 10.0. The third-order valence-corrected chi connectivity index (χ3v) is 4.56. The van der Waals surface area contributed by atoms with Crippen molar-refractivity contribution in [1.29, 1.82) is 0 Å². The van der Waals surface area contributed by atoms with Crippen LogP contribution in [0.2, 0.25) is 0 Å². The Morgan fingerprint density at radius 2 is 1.67 bits per heavy atom. The SMILES string of the molecule is Cc1ccccc1N1CCN([C@@H](C(=O)O)c2ccc(F)cc2)CC1. The van der Waals surface area contributed by atoms with Crippen molar-refractivity contribution in [2.45, 2.75) is 13.0 Å². The first kappa shape index (κ1) is 16.5. The normalized spacial score (nSPS) is 16.8. The van der Waals surface area contributed by atoms with E-state index in [-0.39, 0.29) is 5.82 Å². The summed E-state index contributed by atoms with van der Waals surface area (Å²) in [6.45, 7) is 4.94. The second-order valence-electron chi connectivity index (χ2n) is 6.10. The summed E-state index contributed by atoms with van der Waals surface area (Å²) in [7, 11) is 0. The van der Waals surface area contributed by atoms with Gasteiger partial charge in [0.15, 0.2) is 0 Å². The van der Waals surface area contributed by atoms with Crippen LogP contribution >= 0.6 is 0 Å².